The molecular weight excluding hydrogens is 184 g/mol. The SMILES string of the molecule is CCCCC(CC)CN(C)CC(C)CN. The van der Waals surface area contributed by atoms with E-state index in [-0.39, 0.29) is 0 Å². The zero-order valence-electron chi connectivity index (χ0n) is 11.1. The lowest BCUT2D eigenvalue weighted by Crippen LogP contribution is -2.32. The van der Waals surface area contributed by atoms with Crippen molar-refractivity contribution in [1.29, 1.82) is 0 Å². The van der Waals surface area contributed by atoms with Gasteiger partial charge in [-0.1, -0.05) is 40.0 Å². The van der Waals surface area contributed by atoms with Crippen molar-refractivity contribution in [2.24, 2.45) is 17.6 Å². The van der Waals surface area contributed by atoms with Crippen LogP contribution in [0.15, 0.2) is 0 Å². The van der Waals surface area contributed by atoms with Crippen molar-refractivity contribution in [2.75, 3.05) is 26.7 Å². The molecule has 0 aliphatic heterocycles. The maximum Gasteiger partial charge on any atom is 0.00161 e. The monoisotopic (exact) mass is 214 g/mol. The van der Waals surface area contributed by atoms with Gasteiger partial charge in [0, 0.05) is 13.1 Å². The topological polar surface area (TPSA) is 29.3 Å². The van der Waals surface area contributed by atoms with Crippen LogP contribution in [0.5, 0.6) is 0 Å². The fraction of sp³-hybridized carbons (Fsp3) is 1.00. The zero-order valence-corrected chi connectivity index (χ0v) is 11.1. The third kappa shape index (κ3) is 7.80. The Bertz CT molecular complexity index is 136. The van der Waals surface area contributed by atoms with E-state index in [0.29, 0.717) is 5.92 Å². The second-order valence-corrected chi connectivity index (χ2v) is 4.98. The van der Waals surface area contributed by atoms with Gasteiger partial charge in [-0.3, -0.25) is 0 Å². The van der Waals surface area contributed by atoms with Gasteiger partial charge in [-0.25, -0.2) is 0 Å². The molecule has 0 bridgehead atoms. The van der Waals surface area contributed by atoms with Gasteiger partial charge in [-0.15, -0.1) is 0 Å². The van der Waals surface area contributed by atoms with E-state index in [1.807, 2.05) is 0 Å². The number of unbranched alkanes of at least 4 members (excludes halogenated alkanes) is 1. The maximum atomic E-state index is 5.64. The maximum absolute atomic E-state index is 5.64. The first kappa shape index (κ1) is 14.9. The van der Waals surface area contributed by atoms with E-state index in [1.54, 1.807) is 0 Å². The predicted octanol–water partition coefficient (Wildman–Crippen LogP) is 2.73. The van der Waals surface area contributed by atoms with Crippen molar-refractivity contribution in [3.05, 3.63) is 0 Å². The molecule has 0 aliphatic carbocycles. The Labute approximate surface area is 96.2 Å². The standard InChI is InChI=1S/C13H30N2/c1-5-7-8-13(6-2)11-15(4)10-12(3)9-14/h12-13H,5-11,14H2,1-4H3. The zero-order chi connectivity index (χ0) is 11.7. The van der Waals surface area contributed by atoms with E-state index >= 15 is 0 Å². The molecule has 2 nitrogen and oxygen atoms in total. The van der Waals surface area contributed by atoms with Crippen LogP contribution in [-0.2, 0) is 0 Å². The highest BCUT2D eigenvalue weighted by atomic mass is 15.1. The van der Waals surface area contributed by atoms with E-state index < -0.39 is 0 Å². The third-order valence-corrected chi connectivity index (χ3v) is 3.14. The van der Waals surface area contributed by atoms with Gasteiger partial charge in [-0.2, -0.15) is 0 Å². The summed E-state index contributed by atoms with van der Waals surface area (Å²) in [6, 6.07) is 0. The van der Waals surface area contributed by atoms with Crippen LogP contribution >= 0.6 is 0 Å². The number of nitrogens with zero attached hydrogens (tertiary/aromatic N) is 1. The molecule has 0 fully saturated rings. The minimum Gasteiger partial charge on any atom is -0.330 e. The fourth-order valence-electron chi connectivity index (χ4n) is 2.04. The van der Waals surface area contributed by atoms with Crippen LogP contribution in [0.3, 0.4) is 0 Å². The molecule has 0 saturated carbocycles. The molecule has 0 aromatic rings. The van der Waals surface area contributed by atoms with Gasteiger partial charge in [0.25, 0.3) is 0 Å². The van der Waals surface area contributed by atoms with Gasteiger partial charge >= 0.3 is 0 Å². The number of rotatable bonds is 9. The molecule has 2 unspecified atom stereocenters. The summed E-state index contributed by atoms with van der Waals surface area (Å²) < 4.78 is 0. The smallest absolute Gasteiger partial charge is 0.00161 e. The second-order valence-electron chi connectivity index (χ2n) is 4.98. The Morgan fingerprint density at radius 3 is 2.33 bits per heavy atom. The summed E-state index contributed by atoms with van der Waals surface area (Å²) in [5.74, 6) is 1.50. The molecule has 0 rings (SSSR count). The quantitative estimate of drug-likeness (QED) is 0.639. The van der Waals surface area contributed by atoms with E-state index in [4.69, 9.17) is 5.73 Å². The molecular formula is C13H30N2. The van der Waals surface area contributed by atoms with Gasteiger partial charge in [0.1, 0.15) is 0 Å². The summed E-state index contributed by atoms with van der Waals surface area (Å²) in [7, 11) is 2.22. The van der Waals surface area contributed by atoms with Crippen LogP contribution in [0.1, 0.15) is 46.5 Å². The minimum absolute atomic E-state index is 0.624. The Hall–Kier alpha value is -0.0800. The molecule has 0 aromatic heterocycles. The van der Waals surface area contributed by atoms with Crippen LogP contribution in [0.2, 0.25) is 0 Å². The molecule has 0 heterocycles. The molecule has 15 heavy (non-hydrogen) atoms. The largest absolute Gasteiger partial charge is 0.330 e. The number of hydrogen-bond donors (Lipinski definition) is 1. The molecule has 2 atom stereocenters. The Morgan fingerprint density at radius 2 is 1.87 bits per heavy atom. The molecule has 0 amide bonds. The summed E-state index contributed by atoms with van der Waals surface area (Å²) in [4.78, 5) is 2.45. The Morgan fingerprint density at radius 1 is 1.20 bits per heavy atom. The highest BCUT2D eigenvalue weighted by Gasteiger charge is 2.11. The highest BCUT2D eigenvalue weighted by Crippen LogP contribution is 2.14. The Kier molecular flexibility index (Phi) is 9.12. The average molecular weight is 214 g/mol. The lowest BCUT2D eigenvalue weighted by atomic mass is 9.98. The molecule has 92 valence electrons. The minimum atomic E-state index is 0.624. The Balaban J connectivity index is 3.74. The number of nitrogens with two attached hydrogens (primary N) is 1. The fourth-order valence-corrected chi connectivity index (χ4v) is 2.04. The summed E-state index contributed by atoms with van der Waals surface area (Å²) in [5.41, 5.74) is 5.64. The molecule has 0 radical (unpaired) electrons. The summed E-state index contributed by atoms with van der Waals surface area (Å²) >= 11 is 0. The van der Waals surface area contributed by atoms with Crippen molar-refractivity contribution in [2.45, 2.75) is 46.5 Å². The highest BCUT2D eigenvalue weighted by molar-refractivity contribution is 4.65. The van der Waals surface area contributed by atoms with Crippen molar-refractivity contribution >= 4 is 0 Å². The first-order valence-electron chi connectivity index (χ1n) is 6.52. The van der Waals surface area contributed by atoms with E-state index in [1.165, 1.54) is 32.2 Å². The number of hydrogen-bond acceptors (Lipinski definition) is 2. The van der Waals surface area contributed by atoms with Crippen molar-refractivity contribution < 1.29 is 0 Å². The first-order valence-corrected chi connectivity index (χ1v) is 6.52. The van der Waals surface area contributed by atoms with Crippen LogP contribution in [0.4, 0.5) is 0 Å². The molecule has 2 heteroatoms. The van der Waals surface area contributed by atoms with Crippen LogP contribution in [0, 0.1) is 11.8 Å². The van der Waals surface area contributed by atoms with E-state index in [2.05, 4.69) is 32.7 Å². The molecule has 0 aromatic carbocycles. The molecule has 2 N–H and O–H groups in total. The first-order chi connectivity index (χ1) is 7.13. The third-order valence-electron chi connectivity index (χ3n) is 3.14. The van der Waals surface area contributed by atoms with Crippen LogP contribution in [0.25, 0.3) is 0 Å². The van der Waals surface area contributed by atoms with Gasteiger partial charge in [-0.05, 0) is 31.8 Å². The molecule has 0 aliphatic rings. The van der Waals surface area contributed by atoms with Gasteiger partial charge in [0.05, 0.1) is 0 Å². The normalized spacial score (nSPS) is 15.6. The lowest BCUT2D eigenvalue weighted by Gasteiger charge is -2.25. The molecule has 0 saturated heterocycles. The van der Waals surface area contributed by atoms with Gasteiger partial charge in [0.2, 0.25) is 0 Å². The van der Waals surface area contributed by atoms with Crippen molar-refractivity contribution in [3.63, 3.8) is 0 Å². The predicted molar refractivity (Wildman–Crippen MR) is 69.0 cm³/mol. The van der Waals surface area contributed by atoms with Crippen LogP contribution < -0.4 is 5.73 Å². The van der Waals surface area contributed by atoms with Crippen molar-refractivity contribution in [3.8, 4) is 0 Å². The second kappa shape index (κ2) is 9.17. The lowest BCUT2D eigenvalue weighted by molar-refractivity contribution is 0.233. The van der Waals surface area contributed by atoms with E-state index in [0.717, 1.165) is 19.0 Å². The van der Waals surface area contributed by atoms with Crippen molar-refractivity contribution in [1.82, 2.24) is 4.90 Å². The summed E-state index contributed by atoms with van der Waals surface area (Å²) in [6.45, 7) is 9.98. The van der Waals surface area contributed by atoms with Gasteiger partial charge in [0.15, 0.2) is 0 Å². The van der Waals surface area contributed by atoms with Gasteiger partial charge < -0.3 is 10.6 Å². The molecule has 0 spiro atoms. The average Bonchev–Trinajstić information content (AvgIpc) is 2.23. The summed E-state index contributed by atoms with van der Waals surface area (Å²) in [5, 5.41) is 0. The summed E-state index contributed by atoms with van der Waals surface area (Å²) in [6.07, 6.45) is 5.38. The van der Waals surface area contributed by atoms with E-state index in [9.17, 15) is 0 Å². The van der Waals surface area contributed by atoms with Crippen LogP contribution in [-0.4, -0.2) is 31.6 Å².